The molecule has 0 saturated heterocycles. The van der Waals surface area contributed by atoms with Crippen LogP contribution < -0.4 is 5.73 Å². The van der Waals surface area contributed by atoms with Gasteiger partial charge in [0, 0.05) is 19.1 Å². The van der Waals surface area contributed by atoms with E-state index in [1.54, 1.807) is 11.0 Å². The number of alkyl halides is 3. The first-order valence-electron chi connectivity index (χ1n) is 9.35. The highest BCUT2D eigenvalue weighted by Gasteiger charge is 2.46. The monoisotopic (exact) mass is 440 g/mol. The van der Waals surface area contributed by atoms with Gasteiger partial charge in [-0.3, -0.25) is 4.79 Å². The molecule has 0 aromatic heterocycles. The van der Waals surface area contributed by atoms with Crippen LogP contribution in [0.4, 0.5) is 13.2 Å². The van der Waals surface area contributed by atoms with Crippen LogP contribution in [0.3, 0.4) is 0 Å². The lowest BCUT2D eigenvalue weighted by Gasteiger charge is -2.38. The van der Waals surface area contributed by atoms with Crippen molar-refractivity contribution in [3.63, 3.8) is 0 Å². The highest BCUT2D eigenvalue weighted by Crippen LogP contribution is 2.45. The van der Waals surface area contributed by atoms with Gasteiger partial charge in [0.25, 0.3) is 0 Å². The first kappa shape index (κ1) is 25.1. The summed E-state index contributed by atoms with van der Waals surface area (Å²) in [5.74, 6) is 0.445. The van der Waals surface area contributed by atoms with Crippen LogP contribution in [0.15, 0.2) is 18.2 Å². The molecule has 0 unspecified atom stereocenters. The first-order valence-corrected chi connectivity index (χ1v) is 9.35. The zero-order valence-corrected chi connectivity index (χ0v) is 17.9. The van der Waals surface area contributed by atoms with Crippen molar-refractivity contribution in [1.29, 1.82) is 0 Å². The number of benzene rings is 1. The molecule has 1 heterocycles. The number of amides is 1. The van der Waals surface area contributed by atoms with Crippen LogP contribution in [0.2, 0.25) is 0 Å². The largest absolute Gasteiger partial charge is 0.416 e. The summed E-state index contributed by atoms with van der Waals surface area (Å²) in [5, 5.41) is 0. The molecule has 3 nitrogen and oxygen atoms in total. The molecular formula is C20H29Cl2F3N2O. The van der Waals surface area contributed by atoms with Gasteiger partial charge in [-0.25, -0.2) is 0 Å². The first-order chi connectivity index (χ1) is 12.1. The van der Waals surface area contributed by atoms with Crippen LogP contribution in [0.5, 0.6) is 0 Å². The molecule has 160 valence electrons. The Morgan fingerprint density at radius 2 is 1.96 bits per heavy atom. The summed E-state index contributed by atoms with van der Waals surface area (Å²) < 4.78 is 39.0. The van der Waals surface area contributed by atoms with E-state index in [9.17, 15) is 18.0 Å². The molecule has 0 spiro atoms. The lowest BCUT2D eigenvalue weighted by Crippen LogP contribution is -2.46. The minimum Gasteiger partial charge on any atom is -0.338 e. The molecule has 0 bridgehead atoms. The molecule has 1 fully saturated rings. The second-order valence-electron chi connectivity index (χ2n) is 8.34. The van der Waals surface area contributed by atoms with Crippen LogP contribution >= 0.6 is 24.8 Å². The van der Waals surface area contributed by atoms with Crippen molar-refractivity contribution in [1.82, 2.24) is 4.90 Å². The van der Waals surface area contributed by atoms with Gasteiger partial charge in [-0.05, 0) is 61.3 Å². The predicted octanol–water partition coefficient (Wildman–Crippen LogP) is 4.98. The van der Waals surface area contributed by atoms with Crippen molar-refractivity contribution < 1.29 is 18.0 Å². The summed E-state index contributed by atoms with van der Waals surface area (Å²) in [4.78, 5) is 15.1. The number of rotatable bonds is 3. The topological polar surface area (TPSA) is 46.3 Å². The Hall–Kier alpha value is -0.980. The fourth-order valence-corrected chi connectivity index (χ4v) is 4.66. The predicted molar refractivity (Wildman–Crippen MR) is 109 cm³/mol. The molecule has 0 radical (unpaired) electrons. The summed E-state index contributed by atoms with van der Waals surface area (Å²) in [6.07, 6.45) is -0.693. The summed E-state index contributed by atoms with van der Waals surface area (Å²) >= 11 is 0. The van der Waals surface area contributed by atoms with Crippen molar-refractivity contribution in [2.75, 3.05) is 6.54 Å². The molecule has 1 aromatic carbocycles. The van der Waals surface area contributed by atoms with Gasteiger partial charge in [0.2, 0.25) is 5.91 Å². The van der Waals surface area contributed by atoms with Gasteiger partial charge in [-0.2, -0.15) is 13.2 Å². The molecule has 1 aliphatic heterocycles. The fraction of sp³-hybridized carbons (Fsp3) is 0.650. The zero-order valence-electron chi connectivity index (χ0n) is 16.2. The third-order valence-corrected chi connectivity index (χ3v) is 5.73. The van der Waals surface area contributed by atoms with Gasteiger partial charge in [-0.1, -0.05) is 19.9 Å². The molecule has 2 N–H and O–H groups in total. The van der Waals surface area contributed by atoms with Crippen LogP contribution in [-0.2, 0) is 23.9 Å². The van der Waals surface area contributed by atoms with Crippen LogP contribution in [0, 0.1) is 11.3 Å². The number of halogens is 5. The highest BCUT2D eigenvalue weighted by molar-refractivity contribution is 5.85. The molecule has 1 aliphatic carbocycles. The standard InChI is InChI=1S/C20H27F3N2O.2ClH/c1-13(2)10-19(7-5-17(24)11-19)18(26)25-8-6-14-3-4-16(20(21,22)23)9-15(14)12-25;;/h3-4,9,13,17H,5-8,10-12,24H2,1-2H3;2*1H/t17-,19-;;/m1../s1. The Kier molecular flexibility index (Phi) is 8.26. The number of nitrogens with two attached hydrogens (primary N) is 1. The van der Waals surface area contributed by atoms with Crippen LogP contribution in [0.1, 0.15) is 56.2 Å². The Morgan fingerprint density at radius 3 is 2.50 bits per heavy atom. The third-order valence-electron chi connectivity index (χ3n) is 5.73. The van der Waals surface area contributed by atoms with E-state index in [2.05, 4.69) is 13.8 Å². The van der Waals surface area contributed by atoms with Crippen molar-refractivity contribution in [2.24, 2.45) is 17.1 Å². The van der Waals surface area contributed by atoms with Gasteiger partial charge in [-0.15, -0.1) is 24.8 Å². The average Bonchev–Trinajstić information content (AvgIpc) is 2.93. The van der Waals surface area contributed by atoms with Crippen molar-refractivity contribution in [3.05, 3.63) is 34.9 Å². The minimum atomic E-state index is -4.36. The number of carbonyl (C=O) groups excluding carboxylic acids is 1. The molecule has 1 aromatic rings. The second kappa shape index (κ2) is 9.23. The molecule has 2 aliphatic rings. The maximum atomic E-state index is 13.3. The van der Waals surface area contributed by atoms with Gasteiger partial charge >= 0.3 is 6.18 Å². The van der Waals surface area contributed by atoms with Crippen LogP contribution in [-0.4, -0.2) is 23.4 Å². The number of nitrogens with zero attached hydrogens (tertiary/aromatic N) is 1. The zero-order chi connectivity index (χ0) is 19.1. The lowest BCUT2D eigenvalue weighted by molar-refractivity contribution is -0.144. The Morgan fingerprint density at radius 1 is 1.29 bits per heavy atom. The number of hydrogen-bond donors (Lipinski definition) is 1. The fourth-order valence-electron chi connectivity index (χ4n) is 4.66. The normalized spacial score (nSPS) is 24.4. The number of carbonyl (C=O) groups is 1. The third kappa shape index (κ3) is 5.14. The smallest absolute Gasteiger partial charge is 0.338 e. The summed E-state index contributed by atoms with van der Waals surface area (Å²) in [6.45, 7) is 5.01. The highest BCUT2D eigenvalue weighted by atomic mass is 35.5. The molecule has 28 heavy (non-hydrogen) atoms. The molecule has 2 atom stereocenters. The summed E-state index contributed by atoms with van der Waals surface area (Å²) in [7, 11) is 0. The number of fused-ring (bicyclic) bond motifs is 1. The number of hydrogen-bond acceptors (Lipinski definition) is 2. The van der Waals surface area contributed by atoms with E-state index in [0.717, 1.165) is 30.9 Å². The van der Waals surface area contributed by atoms with Gasteiger partial charge in [0.15, 0.2) is 0 Å². The van der Waals surface area contributed by atoms with E-state index in [-0.39, 0.29) is 43.3 Å². The van der Waals surface area contributed by atoms with Gasteiger partial charge in [0.1, 0.15) is 0 Å². The minimum absolute atomic E-state index is 0. The van der Waals surface area contributed by atoms with Gasteiger partial charge in [0.05, 0.1) is 11.0 Å². The maximum Gasteiger partial charge on any atom is 0.416 e. The average molecular weight is 441 g/mol. The molecular weight excluding hydrogens is 412 g/mol. The lowest BCUT2D eigenvalue weighted by atomic mass is 9.76. The van der Waals surface area contributed by atoms with E-state index in [0.29, 0.717) is 30.9 Å². The second-order valence-corrected chi connectivity index (χ2v) is 8.34. The van der Waals surface area contributed by atoms with Crippen molar-refractivity contribution >= 4 is 30.7 Å². The summed E-state index contributed by atoms with van der Waals surface area (Å²) in [6, 6.07) is 3.92. The maximum absolute atomic E-state index is 13.3. The van der Waals surface area contributed by atoms with E-state index >= 15 is 0 Å². The Bertz CT molecular complexity index is 697. The molecule has 1 saturated carbocycles. The molecule has 3 rings (SSSR count). The SMILES string of the molecule is CC(C)C[C@]1(C(=O)N2CCc3ccc(C(F)(F)F)cc3C2)CC[C@@H](N)C1.Cl.Cl. The van der Waals surface area contributed by atoms with E-state index in [4.69, 9.17) is 5.73 Å². The molecule has 1 amide bonds. The quantitative estimate of drug-likeness (QED) is 0.720. The Balaban J connectivity index is 0.00000196. The van der Waals surface area contributed by atoms with Crippen molar-refractivity contribution in [2.45, 2.75) is 64.7 Å². The van der Waals surface area contributed by atoms with E-state index in [1.165, 1.54) is 6.07 Å². The van der Waals surface area contributed by atoms with Crippen LogP contribution in [0.25, 0.3) is 0 Å². The van der Waals surface area contributed by atoms with E-state index in [1.807, 2.05) is 0 Å². The molecule has 8 heteroatoms. The Labute approximate surface area is 177 Å². The summed E-state index contributed by atoms with van der Waals surface area (Å²) in [5.41, 5.74) is 6.52. The van der Waals surface area contributed by atoms with E-state index < -0.39 is 17.2 Å². The van der Waals surface area contributed by atoms with Gasteiger partial charge < -0.3 is 10.6 Å². The van der Waals surface area contributed by atoms with Crippen molar-refractivity contribution in [3.8, 4) is 0 Å².